The first-order valence-electron chi connectivity index (χ1n) is 6.22. The van der Waals surface area contributed by atoms with Crippen LogP contribution >= 0.6 is 0 Å². The molecule has 1 aromatic carbocycles. The van der Waals surface area contributed by atoms with E-state index in [0.29, 0.717) is 17.3 Å². The summed E-state index contributed by atoms with van der Waals surface area (Å²) in [6, 6.07) is 5.54. The summed E-state index contributed by atoms with van der Waals surface area (Å²) in [4.78, 5) is 0. The van der Waals surface area contributed by atoms with Gasteiger partial charge in [0.15, 0.2) is 5.82 Å². The highest BCUT2D eigenvalue weighted by Gasteiger charge is 2.24. The number of aromatic nitrogens is 4. The number of methoxy groups -OCH3 is 1. The zero-order valence-electron chi connectivity index (χ0n) is 11.7. The molecule has 0 aliphatic carbocycles. The van der Waals surface area contributed by atoms with Gasteiger partial charge in [0.05, 0.1) is 18.3 Å². The summed E-state index contributed by atoms with van der Waals surface area (Å²) in [6.07, 6.45) is 0.928. The molecule has 0 saturated heterocycles. The summed E-state index contributed by atoms with van der Waals surface area (Å²) in [7, 11) is 1.59. The van der Waals surface area contributed by atoms with E-state index in [-0.39, 0.29) is 5.54 Å². The largest absolute Gasteiger partial charge is 0.495 e. The Morgan fingerprint density at radius 2 is 2.11 bits per heavy atom. The number of benzene rings is 1. The van der Waals surface area contributed by atoms with E-state index in [1.54, 1.807) is 13.2 Å². The monoisotopic (exact) mass is 261 g/mol. The van der Waals surface area contributed by atoms with Gasteiger partial charge in [0.25, 0.3) is 0 Å². The first kappa shape index (κ1) is 13.3. The highest BCUT2D eigenvalue weighted by molar-refractivity contribution is 5.65. The molecule has 0 unspecified atom stereocenters. The number of ether oxygens (including phenoxy) is 1. The first-order valence-corrected chi connectivity index (χ1v) is 6.22. The van der Waals surface area contributed by atoms with Crippen molar-refractivity contribution < 1.29 is 4.74 Å². The van der Waals surface area contributed by atoms with E-state index in [1.807, 2.05) is 16.8 Å². The third-order valence-corrected chi connectivity index (χ3v) is 3.40. The summed E-state index contributed by atoms with van der Waals surface area (Å²) in [5.41, 5.74) is 7.16. The lowest BCUT2D eigenvalue weighted by molar-refractivity contribution is 0.304. The number of hydrogen-bond donors (Lipinski definition) is 1. The van der Waals surface area contributed by atoms with Gasteiger partial charge in [-0.15, -0.1) is 5.10 Å². The van der Waals surface area contributed by atoms with Gasteiger partial charge in [-0.3, -0.25) is 0 Å². The number of tetrazole rings is 1. The molecule has 19 heavy (non-hydrogen) atoms. The Labute approximate surface area is 112 Å². The van der Waals surface area contributed by atoms with Gasteiger partial charge in [-0.05, 0) is 48.9 Å². The fraction of sp³-hybridized carbons (Fsp3) is 0.462. The number of rotatable bonds is 4. The molecule has 6 nitrogen and oxygen atoms in total. The summed E-state index contributed by atoms with van der Waals surface area (Å²) < 4.78 is 7.06. The molecule has 0 atom stereocenters. The second-order valence-corrected chi connectivity index (χ2v) is 5.04. The standard InChI is InChI=1S/C13H19N5O/c1-5-13(2,3)18-12(15-16-17-18)9-6-7-10(14)11(8-9)19-4/h6-8H,5,14H2,1-4H3. The first-order chi connectivity index (χ1) is 8.99. The topological polar surface area (TPSA) is 78.9 Å². The molecule has 0 bridgehead atoms. The maximum absolute atomic E-state index is 5.82. The zero-order valence-corrected chi connectivity index (χ0v) is 11.7. The summed E-state index contributed by atoms with van der Waals surface area (Å²) in [6.45, 7) is 6.30. The minimum absolute atomic E-state index is 0.145. The molecule has 0 saturated carbocycles. The van der Waals surface area contributed by atoms with E-state index in [1.165, 1.54) is 0 Å². The SMILES string of the molecule is CCC(C)(C)n1nnnc1-c1ccc(N)c(OC)c1. The number of hydrogen-bond acceptors (Lipinski definition) is 5. The van der Waals surface area contributed by atoms with Crippen LogP contribution < -0.4 is 10.5 Å². The van der Waals surface area contributed by atoms with Gasteiger partial charge < -0.3 is 10.5 Å². The van der Waals surface area contributed by atoms with Gasteiger partial charge in [-0.25, -0.2) is 4.68 Å². The molecule has 1 heterocycles. The number of anilines is 1. The Bertz CT molecular complexity index is 576. The Balaban J connectivity index is 2.52. The highest BCUT2D eigenvalue weighted by atomic mass is 16.5. The molecule has 0 aliphatic heterocycles. The Morgan fingerprint density at radius 1 is 1.37 bits per heavy atom. The third-order valence-electron chi connectivity index (χ3n) is 3.40. The predicted molar refractivity (Wildman–Crippen MR) is 73.8 cm³/mol. The van der Waals surface area contributed by atoms with Gasteiger partial charge in [-0.2, -0.15) is 0 Å². The van der Waals surface area contributed by atoms with E-state index in [4.69, 9.17) is 10.5 Å². The number of nitrogen functional groups attached to an aromatic ring is 1. The van der Waals surface area contributed by atoms with Gasteiger partial charge in [0.2, 0.25) is 0 Å². The van der Waals surface area contributed by atoms with Crippen LogP contribution in [0, 0.1) is 0 Å². The van der Waals surface area contributed by atoms with Crippen molar-refractivity contribution in [2.45, 2.75) is 32.7 Å². The maximum Gasteiger partial charge on any atom is 0.182 e. The third kappa shape index (κ3) is 2.38. The van der Waals surface area contributed by atoms with Crippen molar-refractivity contribution in [2.75, 3.05) is 12.8 Å². The lowest BCUT2D eigenvalue weighted by atomic mass is 10.0. The van der Waals surface area contributed by atoms with Gasteiger partial charge in [-0.1, -0.05) is 6.92 Å². The molecule has 2 aromatic rings. The van der Waals surface area contributed by atoms with Crippen LogP contribution in [-0.4, -0.2) is 27.3 Å². The van der Waals surface area contributed by atoms with Crippen molar-refractivity contribution in [2.24, 2.45) is 0 Å². The summed E-state index contributed by atoms with van der Waals surface area (Å²) in [5.74, 6) is 1.34. The normalized spacial score (nSPS) is 11.6. The molecule has 1 aromatic heterocycles. The average Bonchev–Trinajstić information content (AvgIpc) is 2.89. The van der Waals surface area contributed by atoms with E-state index < -0.39 is 0 Å². The predicted octanol–water partition coefficient (Wildman–Crippen LogP) is 2.08. The second kappa shape index (κ2) is 4.87. The van der Waals surface area contributed by atoms with Crippen molar-refractivity contribution in [3.63, 3.8) is 0 Å². The van der Waals surface area contributed by atoms with Gasteiger partial charge in [0.1, 0.15) is 5.75 Å². The zero-order chi connectivity index (χ0) is 14.0. The molecule has 6 heteroatoms. The highest BCUT2D eigenvalue weighted by Crippen LogP contribution is 2.30. The summed E-state index contributed by atoms with van der Waals surface area (Å²) in [5, 5.41) is 12.0. The molecule has 0 radical (unpaired) electrons. The Hall–Kier alpha value is -2.11. The Kier molecular flexibility index (Phi) is 3.42. The maximum atomic E-state index is 5.82. The number of nitrogens with two attached hydrogens (primary N) is 1. The molecule has 0 aliphatic rings. The number of nitrogens with zero attached hydrogens (tertiary/aromatic N) is 4. The van der Waals surface area contributed by atoms with Crippen LogP contribution in [0.15, 0.2) is 18.2 Å². The van der Waals surface area contributed by atoms with Crippen molar-refractivity contribution in [3.05, 3.63) is 18.2 Å². The molecule has 0 fully saturated rings. The Morgan fingerprint density at radius 3 is 2.74 bits per heavy atom. The van der Waals surface area contributed by atoms with Crippen LogP contribution in [0.4, 0.5) is 5.69 Å². The minimum atomic E-state index is -0.145. The van der Waals surface area contributed by atoms with Gasteiger partial charge >= 0.3 is 0 Å². The van der Waals surface area contributed by atoms with E-state index in [2.05, 4.69) is 36.3 Å². The van der Waals surface area contributed by atoms with Gasteiger partial charge in [0, 0.05) is 5.56 Å². The molecule has 2 N–H and O–H groups in total. The molecular formula is C13H19N5O. The lowest BCUT2D eigenvalue weighted by Crippen LogP contribution is -2.27. The van der Waals surface area contributed by atoms with Crippen molar-refractivity contribution >= 4 is 5.69 Å². The van der Waals surface area contributed by atoms with Crippen LogP contribution in [0.1, 0.15) is 27.2 Å². The van der Waals surface area contributed by atoms with Crippen molar-refractivity contribution in [1.82, 2.24) is 20.2 Å². The van der Waals surface area contributed by atoms with Crippen LogP contribution in [0.25, 0.3) is 11.4 Å². The second-order valence-electron chi connectivity index (χ2n) is 5.04. The smallest absolute Gasteiger partial charge is 0.182 e. The molecule has 0 amide bonds. The van der Waals surface area contributed by atoms with Crippen LogP contribution in [-0.2, 0) is 5.54 Å². The quantitative estimate of drug-likeness (QED) is 0.852. The van der Waals surface area contributed by atoms with Crippen LogP contribution in [0.5, 0.6) is 5.75 Å². The average molecular weight is 261 g/mol. The van der Waals surface area contributed by atoms with Crippen molar-refractivity contribution in [1.29, 1.82) is 0 Å². The van der Waals surface area contributed by atoms with E-state index >= 15 is 0 Å². The molecule has 0 spiro atoms. The fourth-order valence-electron chi connectivity index (χ4n) is 1.77. The lowest BCUT2D eigenvalue weighted by Gasteiger charge is -2.23. The molecule has 2 rings (SSSR count). The van der Waals surface area contributed by atoms with Crippen LogP contribution in [0.2, 0.25) is 0 Å². The summed E-state index contributed by atoms with van der Waals surface area (Å²) >= 11 is 0. The van der Waals surface area contributed by atoms with Crippen molar-refractivity contribution in [3.8, 4) is 17.1 Å². The molecular weight excluding hydrogens is 242 g/mol. The van der Waals surface area contributed by atoms with E-state index in [9.17, 15) is 0 Å². The molecule has 102 valence electrons. The van der Waals surface area contributed by atoms with Crippen LogP contribution in [0.3, 0.4) is 0 Å². The van der Waals surface area contributed by atoms with E-state index in [0.717, 1.165) is 12.0 Å². The fourth-order valence-corrected chi connectivity index (χ4v) is 1.77. The minimum Gasteiger partial charge on any atom is -0.495 e.